The summed E-state index contributed by atoms with van der Waals surface area (Å²) in [6.07, 6.45) is 3.61. The maximum Gasteiger partial charge on any atom is 0.150 e. The number of fused-ring (bicyclic) bond motifs is 1. The fraction of sp³-hybridized carbons (Fsp3) is 0.368. The van der Waals surface area contributed by atoms with E-state index in [9.17, 15) is 0 Å². The van der Waals surface area contributed by atoms with Gasteiger partial charge in [-0.2, -0.15) is 0 Å². The van der Waals surface area contributed by atoms with Crippen LogP contribution in [-0.2, 0) is 0 Å². The van der Waals surface area contributed by atoms with E-state index in [0.29, 0.717) is 0 Å². The predicted octanol–water partition coefficient (Wildman–Crippen LogP) is 4.64. The van der Waals surface area contributed by atoms with Crippen molar-refractivity contribution in [2.24, 2.45) is 5.73 Å². The molecule has 0 bridgehead atoms. The van der Waals surface area contributed by atoms with E-state index in [1.54, 1.807) is 17.7 Å². The number of aromatic nitrogens is 2. The first-order chi connectivity index (χ1) is 12.0. The number of piperidine rings is 1. The molecule has 0 unspecified atom stereocenters. The standard InChI is InChI=1S/C19H21ClN4S/c1-12-4-3-5-13(15(12)20)14-10-25-17-16(14)22-11-23-18(17)24-8-6-19(2,21)7-9-24/h3-5,10-11H,6-9,21H2,1-2H3. The average molecular weight is 373 g/mol. The molecule has 6 heteroatoms. The van der Waals surface area contributed by atoms with Gasteiger partial charge in [0.2, 0.25) is 0 Å². The number of halogens is 1. The zero-order valence-electron chi connectivity index (χ0n) is 14.4. The number of nitrogens with two attached hydrogens (primary N) is 1. The lowest BCUT2D eigenvalue weighted by atomic mass is 9.91. The highest BCUT2D eigenvalue weighted by Crippen LogP contribution is 2.40. The number of hydrogen-bond donors (Lipinski definition) is 1. The van der Waals surface area contributed by atoms with Gasteiger partial charge in [-0.1, -0.05) is 29.8 Å². The van der Waals surface area contributed by atoms with Gasteiger partial charge in [-0.15, -0.1) is 11.3 Å². The normalized spacial score (nSPS) is 17.2. The van der Waals surface area contributed by atoms with E-state index >= 15 is 0 Å². The van der Waals surface area contributed by atoms with Gasteiger partial charge in [-0.3, -0.25) is 0 Å². The zero-order valence-corrected chi connectivity index (χ0v) is 16.0. The van der Waals surface area contributed by atoms with Gasteiger partial charge >= 0.3 is 0 Å². The monoisotopic (exact) mass is 372 g/mol. The first-order valence-electron chi connectivity index (χ1n) is 8.48. The second-order valence-electron chi connectivity index (χ2n) is 7.10. The van der Waals surface area contributed by atoms with Crippen molar-refractivity contribution < 1.29 is 0 Å². The number of anilines is 1. The molecule has 1 fully saturated rings. The molecular weight excluding hydrogens is 352 g/mol. The summed E-state index contributed by atoms with van der Waals surface area (Å²) in [6.45, 7) is 6.01. The quantitative estimate of drug-likeness (QED) is 0.712. The number of nitrogens with zero attached hydrogens (tertiary/aromatic N) is 3. The highest BCUT2D eigenvalue weighted by molar-refractivity contribution is 7.18. The molecule has 1 aliphatic heterocycles. The molecule has 0 radical (unpaired) electrons. The van der Waals surface area contributed by atoms with E-state index in [0.717, 1.165) is 63.7 Å². The molecule has 4 rings (SSSR count). The van der Waals surface area contributed by atoms with E-state index < -0.39 is 0 Å². The van der Waals surface area contributed by atoms with Crippen molar-refractivity contribution in [2.45, 2.75) is 32.2 Å². The molecule has 25 heavy (non-hydrogen) atoms. The molecule has 130 valence electrons. The Kier molecular flexibility index (Phi) is 4.18. The van der Waals surface area contributed by atoms with Crippen LogP contribution in [0, 0.1) is 6.92 Å². The van der Waals surface area contributed by atoms with Crippen molar-refractivity contribution in [1.29, 1.82) is 0 Å². The molecular formula is C19H21ClN4S. The van der Waals surface area contributed by atoms with Gasteiger partial charge in [0.05, 0.1) is 15.2 Å². The lowest BCUT2D eigenvalue weighted by molar-refractivity contribution is 0.363. The first-order valence-corrected chi connectivity index (χ1v) is 9.73. The highest BCUT2D eigenvalue weighted by atomic mass is 35.5. The number of thiophene rings is 1. The molecule has 1 aromatic carbocycles. The summed E-state index contributed by atoms with van der Waals surface area (Å²) in [5.41, 5.74) is 10.4. The third-order valence-electron chi connectivity index (χ3n) is 5.02. The van der Waals surface area contributed by atoms with E-state index in [1.807, 2.05) is 19.1 Å². The summed E-state index contributed by atoms with van der Waals surface area (Å²) in [4.78, 5) is 11.5. The summed E-state index contributed by atoms with van der Waals surface area (Å²) >= 11 is 8.23. The molecule has 0 spiro atoms. The van der Waals surface area contributed by atoms with Crippen LogP contribution in [0.3, 0.4) is 0 Å². The lowest BCUT2D eigenvalue weighted by Crippen LogP contribution is -2.48. The molecule has 4 nitrogen and oxygen atoms in total. The smallest absolute Gasteiger partial charge is 0.150 e. The molecule has 0 amide bonds. The lowest BCUT2D eigenvalue weighted by Gasteiger charge is -2.37. The van der Waals surface area contributed by atoms with Crippen LogP contribution in [-0.4, -0.2) is 28.6 Å². The topological polar surface area (TPSA) is 55.0 Å². The maximum absolute atomic E-state index is 6.54. The molecule has 2 N–H and O–H groups in total. The Labute approximate surface area is 156 Å². The Balaban J connectivity index is 1.78. The van der Waals surface area contributed by atoms with Gasteiger partial charge in [0, 0.05) is 35.1 Å². The average Bonchev–Trinajstić information content (AvgIpc) is 3.01. The summed E-state index contributed by atoms with van der Waals surface area (Å²) in [5, 5.41) is 2.93. The van der Waals surface area contributed by atoms with E-state index in [-0.39, 0.29) is 5.54 Å². The number of aryl methyl sites for hydroxylation is 1. The Morgan fingerprint density at radius 3 is 2.72 bits per heavy atom. The first kappa shape index (κ1) is 16.8. The molecule has 0 atom stereocenters. The second kappa shape index (κ2) is 6.24. The minimum absolute atomic E-state index is 0.0711. The fourth-order valence-corrected chi connectivity index (χ4v) is 4.60. The van der Waals surface area contributed by atoms with Crippen LogP contribution < -0.4 is 10.6 Å². The van der Waals surface area contributed by atoms with Crippen LogP contribution in [0.4, 0.5) is 5.82 Å². The minimum atomic E-state index is -0.0711. The molecule has 0 saturated carbocycles. The Hall–Kier alpha value is -1.69. The van der Waals surface area contributed by atoms with Crippen LogP contribution in [0.25, 0.3) is 21.3 Å². The largest absolute Gasteiger partial charge is 0.355 e. The van der Waals surface area contributed by atoms with Crippen molar-refractivity contribution in [1.82, 2.24) is 9.97 Å². The predicted molar refractivity (Wildman–Crippen MR) is 107 cm³/mol. The fourth-order valence-electron chi connectivity index (χ4n) is 3.34. The van der Waals surface area contributed by atoms with Gasteiger partial charge in [0.15, 0.2) is 0 Å². The SMILES string of the molecule is Cc1cccc(-c2csc3c(N4CCC(C)(N)CC4)ncnc23)c1Cl. The summed E-state index contributed by atoms with van der Waals surface area (Å²) < 4.78 is 1.12. The van der Waals surface area contributed by atoms with E-state index in [4.69, 9.17) is 17.3 Å². The van der Waals surface area contributed by atoms with Crippen LogP contribution in [0.5, 0.6) is 0 Å². The van der Waals surface area contributed by atoms with Crippen molar-refractivity contribution in [3.63, 3.8) is 0 Å². The van der Waals surface area contributed by atoms with Crippen LogP contribution in [0.15, 0.2) is 29.9 Å². The number of benzene rings is 1. The number of hydrogen-bond acceptors (Lipinski definition) is 5. The van der Waals surface area contributed by atoms with Gasteiger partial charge in [-0.05, 0) is 32.3 Å². The second-order valence-corrected chi connectivity index (χ2v) is 8.36. The third-order valence-corrected chi connectivity index (χ3v) is 6.49. The highest BCUT2D eigenvalue weighted by Gasteiger charge is 2.28. The summed E-state index contributed by atoms with van der Waals surface area (Å²) in [6, 6.07) is 6.12. The molecule has 0 aliphatic carbocycles. The van der Waals surface area contributed by atoms with Gasteiger partial charge in [0.1, 0.15) is 12.1 Å². The van der Waals surface area contributed by atoms with Gasteiger partial charge < -0.3 is 10.6 Å². The van der Waals surface area contributed by atoms with Crippen molar-refractivity contribution in [3.05, 3.63) is 40.5 Å². The Bertz CT molecular complexity index is 924. The molecule has 2 aromatic heterocycles. The van der Waals surface area contributed by atoms with Crippen LogP contribution in [0.1, 0.15) is 25.3 Å². The summed E-state index contributed by atoms with van der Waals surface area (Å²) in [5.74, 6) is 1.01. The van der Waals surface area contributed by atoms with Crippen molar-refractivity contribution in [2.75, 3.05) is 18.0 Å². The van der Waals surface area contributed by atoms with Crippen LogP contribution >= 0.6 is 22.9 Å². The zero-order chi connectivity index (χ0) is 17.6. The van der Waals surface area contributed by atoms with Gasteiger partial charge in [-0.25, -0.2) is 9.97 Å². The van der Waals surface area contributed by atoms with Crippen molar-refractivity contribution in [3.8, 4) is 11.1 Å². The Morgan fingerprint density at radius 2 is 1.96 bits per heavy atom. The minimum Gasteiger partial charge on any atom is -0.355 e. The van der Waals surface area contributed by atoms with E-state index in [2.05, 4.69) is 33.2 Å². The third kappa shape index (κ3) is 3.01. The van der Waals surface area contributed by atoms with Crippen molar-refractivity contribution >= 4 is 39.0 Å². The molecule has 1 aliphatic rings. The molecule has 1 saturated heterocycles. The van der Waals surface area contributed by atoms with Crippen LogP contribution in [0.2, 0.25) is 5.02 Å². The number of rotatable bonds is 2. The molecule has 3 aromatic rings. The van der Waals surface area contributed by atoms with E-state index in [1.165, 1.54) is 0 Å². The summed E-state index contributed by atoms with van der Waals surface area (Å²) in [7, 11) is 0. The molecule has 3 heterocycles. The Morgan fingerprint density at radius 1 is 1.20 bits per heavy atom. The maximum atomic E-state index is 6.54. The van der Waals surface area contributed by atoms with Gasteiger partial charge in [0.25, 0.3) is 0 Å².